The molecule has 0 aliphatic heterocycles. The van der Waals surface area contributed by atoms with E-state index >= 15 is 0 Å². The Balaban J connectivity index is 1.70. The zero-order valence-electron chi connectivity index (χ0n) is 19.6. The smallest absolute Gasteiger partial charge is 0.286 e. The summed E-state index contributed by atoms with van der Waals surface area (Å²) < 4.78 is 33.0. The van der Waals surface area contributed by atoms with Crippen LogP contribution in [0, 0.1) is 6.92 Å². The van der Waals surface area contributed by atoms with Gasteiger partial charge < -0.3 is 15.0 Å². The van der Waals surface area contributed by atoms with Crippen molar-refractivity contribution in [2.24, 2.45) is 0 Å². The van der Waals surface area contributed by atoms with Crippen molar-refractivity contribution >= 4 is 21.7 Å². The Morgan fingerprint density at radius 3 is 2.18 bits per heavy atom. The molecule has 0 saturated carbocycles. The molecule has 0 spiro atoms. The van der Waals surface area contributed by atoms with E-state index < -0.39 is 10.0 Å². The van der Waals surface area contributed by atoms with Crippen molar-refractivity contribution in [3.05, 3.63) is 83.9 Å². The van der Waals surface area contributed by atoms with Crippen molar-refractivity contribution in [2.75, 3.05) is 31.4 Å². The number of hydrogen-bond donors (Lipinski definition) is 1. The van der Waals surface area contributed by atoms with E-state index in [1.807, 2.05) is 50.2 Å². The van der Waals surface area contributed by atoms with Crippen LogP contribution in [-0.2, 0) is 16.6 Å². The molecule has 0 fully saturated rings. The molecule has 8 nitrogen and oxygen atoms in total. The van der Waals surface area contributed by atoms with Gasteiger partial charge >= 0.3 is 0 Å². The summed E-state index contributed by atoms with van der Waals surface area (Å²) in [6, 6.07) is 21.8. The van der Waals surface area contributed by atoms with Gasteiger partial charge in [0.05, 0.1) is 12.0 Å². The van der Waals surface area contributed by atoms with Crippen LogP contribution in [-0.4, -0.2) is 43.8 Å². The highest BCUT2D eigenvalue weighted by atomic mass is 32.2. The molecule has 1 N–H and O–H groups in total. The third-order valence-electron chi connectivity index (χ3n) is 5.38. The standard InChI is InChI=1S/C25H27N5O3S/c1-18-5-15-23(16-6-18)34(31,32)30-25(26-17-19-7-11-21(12-8-19)29(2)3)27-24(28-30)20-9-13-22(33-4)14-10-20/h5-16H,17H2,1-4H3,(H,26,27,28). The van der Waals surface area contributed by atoms with Crippen molar-refractivity contribution in [3.63, 3.8) is 0 Å². The van der Waals surface area contributed by atoms with E-state index in [1.54, 1.807) is 55.6 Å². The maximum atomic E-state index is 13.4. The average Bonchev–Trinajstić information content (AvgIpc) is 3.28. The minimum absolute atomic E-state index is 0.141. The molecule has 176 valence electrons. The summed E-state index contributed by atoms with van der Waals surface area (Å²) in [5, 5.41) is 7.51. The van der Waals surface area contributed by atoms with Gasteiger partial charge in [0.15, 0.2) is 5.82 Å². The van der Waals surface area contributed by atoms with Crippen LogP contribution in [0.3, 0.4) is 0 Å². The van der Waals surface area contributed by atoms with Crippen molar-refractivity contribution in [1.29, 1.82) is 0 Å². The Hall–Kier alpha value is -3.85. The quantitative estimate of drug-likeness (QED) is 0.407. The molecular weight excluding hydrogens is 450 g/mol. The fourth-order valence-corrected chi connectivity index (χ4v) is 4.54. The predicted molar refractivity (Wildman–Crippen MR) is 134 cm³/mol. The number of aryl methyl sites for hydroxylation is 1. The van der Waals surface area contributed by atoms with E-state index in [-0.39, 0.29) is 10.8 Å². The number of aromatic nitrogens is 3. The first-order chi connectivity index (χ1) is 16.3. The molecule has 4 rings (SSSR count). The molecule has 0 unspecified atom stereocenters. The van der Waals surface area contributed by atoms with Crippen molar-refractivity contribution in [2.45, 2.75) is 18.4 Å². The lowest BCUT2D eigenvalue weighted by atomic mass is 10.2. The molecule has 34 heavy (non-hydrogen) atoms. The summed E-state index contributed by atoms with van der Waals surface area (Å²) in [5.41, 5.74) is 3.71. The topological polar surface area (TPSA) is 89.4 Å². The fraction of sp³-hybridized carbons (Fsp3) is 0.200. The Labute approximate surface area is 199 Å². The normalized spacial score (nSPS) is 11.3. The lowest BCUT2D eigenvalue weighted by Gasteiger charge is -2.13. The van der Waals surface area contributed by atoms with Crippen molar-refractivity contribution < 1.29 is 13.2 Å². The Morgan fingerprint density at radius 1 is 0.941 bits per heavy atom. The second kappa shape index (κ2) is 9.56. The molecule has 1 heterocycles. The van der Waals surface area contributed by atoms with Gasteiger partial charge in [-0.15, -0.1) is 9.19 Å². The summed E-state index contributed by atoms with van der Waals surface area (Å²) in [4.78, 5) is 6.68. The third-order valence-corrected chi connectivity index (χ3v) is 6.95. The van der Waals surface area contributed by atoms with Gasteiger partial charge in [-0.1, -0.05) is 29.8 Å². The van der Waals surface area contributed by atoms with Gasteiger partial charge in [0.25, 0.3) is 10.0 Å². The first-order valence-corrected chi connectivity index (χ1v) is 12.2. The summed E-state index contributed by atoms with van der Waals surface area (Å²) >= 11 is 0. The Morgan fingerprint density at radius 2 is 1.59 bits per heavy atom. The van der Waals surface area contributed by atoms with Crippen LogP contribution < -0.4 is 15.0 Å². The SMILES string of the molecule is COc1ccc(-c2nc(NCc3ccc(N(C)C)cc3)n(S(=O)(=O)c3ccc(C)cc3)n2)cc1. The van der Waals surface area contributed by atoms with Gasteiger partial charge in [-0.3, -0.25) is 0 Å². The highest BCUT2D eigenvalue weighted by Crippen LogP contribution is 2.25. The molecule has 0 bridgehead atoms. The first-order valence-electron chi connectivity index (χ1n) is 10.7. The van der Waals surface area contributed by atoms with Crippen LogP contribution in [0.4, 0.5) is 11.6 Å². The predicted octanol–water partition coefficient (Wildman–Crippen LogP) is 4.18. The molecule has 0 atom stereocenters. The van der Waals surface area contributed by atoms with Gasteiger partial charge in [-0.25, -0.2) is 0 Å². The van der Waals surface area contributed by atoms with Gasteiger partial charge in [0.1, 0.15) is 5.75 Å². The largest absolute Gasteiger partial charge is 0.497 e. The Bertz CT molecular complexity index is 1360. The highest BCUT2D eigenvalue weighted by molar-refractivity contribution is 7.90. The van der Waals surface area contributed by atoms with E-state index in [9.17, 15) is 8.42 Å². The zero-order valence-corrected chi connectivity index (χ0v) is 20.4. The molecule has 9 heteroatoms. The number of hydrogen-bond acceptors (Lipinski definition) is 7. The monoisotopic (exact) mass is 477 g/mol. The Kier molecular flexibility index (Phi) is 6.56. The molecule has 1 aromatic heterocycles. The number of anilines is 2. The lowest BCUT2D eigenvalue weighted by molar-refractivity contribution is 0.415. The van der Waals surface area contributed by atoms with E-state index in [2.05, 4.69) is 15.4 Å². The van der Waals surface area contributed by atoms with Gasteiger partial charge in [0.2, 0.25) is 5.95 Å². The van der Waals surface area contributed by atoms with Crippen LogP contribution in [0.2, 0.25) is 0 Å². The van der Waals surface area contributed by atoms with E-state index in [0.717, 1.165) is 20.9 Å². The maximum Gasteiger partial charge on any atom is 0.286 e. The average molecular weight is 478 g/mol. The van der Waals surface area contributed by atoms with Crippen LogP contribution in [0.15, 0.2) is 77.7 Å². The second-order valence-electron chi connectivity index (χ2n) is 8.06. The molecule has 0 aliphatic carbocycles. The number of nitrogens with one attached hydrogen (secondary N) is 1. The van der Waals surface area contributed by atoms with E-state index in [1.165, 1.54) is 0 Å². The van der Waals surface area contributed by atoms with E-state index in [4.69, 9.17) is 4.74 Å². The number of rotatable bonds is 8. The number of benzene rings is 3. The van der Waals surface area contributed by atoms with Crippen molar-refractivity contribution in [3.8, 4) is 17.1 Å². The molecule has 0 radical (unpaired) electrons. The van der Waals surface area contributed by atoms with Gasteiger partial charge in [0, 0.05) is 31.9 Å². The van der Waals surface area contributed by atoms with Crippen molar-refractivity contribution in [1.82, 2.24) is 14.2 Å². The highest BCUT2D eigenvalue weighted by Gasteiger charge is 2.24. The fourth-order valence-electron chi connectivity index (χ4n) is 3.34. The van der Waals surface area contributed by atoms with Crippen LogP contribution >= 0.6 is 0 Å². The van der Waals surface area contributed by atoms with Crippen LogP contribution in [0.25, 0.3) is 11.4 Å². The van der Waals surface area contributed by atoms with Gasteiger partial charge in [-0.05, 0) is 61.0 Å². The molecule has 0 aliphatic rings. The molecule has 4 aromatic rings. The molecule has 0 saturated heterocycles. The summed E-state index contributed by atoms with van der Waals surface area (Å²) in [6.45, 7) is 2.29. The summed E-state index contributed by atoms with van der Waals surface area (Å²) in [7, 11) is 1.58. The molecular formula is C25H27N5O3S. The van der Waals surface area contributed by atoms with Gasteiger partial charge in [-0.2, -0.15) is 13.4 Å². The summed E-state index contributed by atoms with van der Waals surface area (Å²) in [6.07, 6.45) is 0. The number of methoxy groups -OCH3 is 1. The lowest BCUT2D eigenvalue weighted by Crippen LogP contribution is -2.18. The summed E-state index contributed by atoms with van der Waals surface area (Å²) in [5.74, 6) is 1.13. The van der Waals surface area contributed by atoms with Crippen LogP contribution in [0.5, 0.6) is 5.75 Å². The zero-order chi connectivity index (χ0) is 24.3. The number of nitrogens with zero attached hydrogens (tertiary/aromatic N) is 4. The first kappa shape index (κ1) is 23.3. The third kappa shape index (κ3) is 4.89. The molecule has 3 aromatic carbocycles. The maximum absolute atomic E-state index is 13.4. The minimum Gasteiger partial charge on any atom is -0.497 e. The molecule has 0 amide bonds. The second-order valence-corrected chi connectivity index (χ2v) is 9.83. The van der Waals surface area contributed by atoms with E-state index in [0.29, 0.717) is 23.7 Å². The van der Waals surface area contributed by atoms with Crippen LogP contribution in [0.1, 0.15) is 11.1 Å². The number of ether oxygens (including phenoxy) is 1. The minimum atomic E-state index is -3.96.